The second kappa shape index (κ2) is 43.3. The van der Waals surface area contributed by atoms with Crippen molar-refractivity contribution in [3.8, 4) is 0 Å². The van der Waals surface area contributed by atoms with Gasteiger partial charge >= 0.3 is 18.9 Å². The zero-order valence-corrected chi connectivity index (χ0v) is 5.67. The van der Waals surface area contributed by atoms with Gasteiger partial charge in [-0.3, -0.25) is 4.57 Å². The number of hydrogen-bond donors (Lipinski definition) is 0. The van der Waals surface area contributed by atoms with Crippen molar-refractivity contribution in [2.24, 2.45) is 0 Å². The molecule has 0 aliphatic heterocycles. The summed E-state index contributed by atoms with van der Waals surface area (Å²) in [6.45, 7) is 0. The number of rotatable bonds is 0. The van der Waals surface area contributed by atoms with Crippen molar-refractivity contribution in [2.45, 2.75) is 0 Å². The molecule has 5 heteroatoms. The SMILES string of the molecule is O=P.[Fe].[H-].[Li+].[Ni]. The van der Waals surface area contributed by atoms with Gasteiger partial charge in [-0.25, -0.2) is 0 Å². The van der Waals surface area contributed by atoms with E-state index in [1.807, 2.05) is 0 Å². The van der Waals surface area contributed by atoms with E-state index in [0.29, 0.717) is 0 Å². The molecule has 0 aromatic carbocycles. The zero-order chi connectivity index (χ0) is 2.00. The van der Waals surface area contributed by atoms with Crippen LogP contribution in [0.4, 0.5) is 0 Å². The van der Waals surface area contributed by atoms with Gasteiger partial charge in [-0.2, -0.15) is 0 Å². The van der Waals surface area contributed by atoms with Crippen molar-refractivity contribution in [3.05, 3.63) is 0 Å². The van der Waals surface area contributed by atoms with E-state index >= 15 is 0 Å². The Bertz CT molecular complexity index is 15.5. The number of hydrogen-bond acceptors (Lipinski definition) is 1. The molecule has 0 heterocycles. The molecule has 0 spiro atoms. The van der Waals surface area contributed by atoms with Gasteiger partial charge in [0.2, 0.25) is 0 Å². The minimum absolute atomic E-state index is 0. The predicted molar refractivity (Wildman–Crippen MR) is 10.1 cm³/mol. The van der Waals surface area contributed by atoms with Crippen LogP contribution < -0.4 is 18.9 Å². The summed E-state index contributed by atoms with van der Waals surface area (Å²) in [6, 6.07) is 0. The van der Waals surface area contributed by atoms with Crippen LogP contribution in [0.15, 0.2) is 0 Å². The summed E-state index contributed by atoms with van der Waals surface area (Å²) in [5, 5.41) is 0. The Morgan fingerprint density at radius 3 is 1.40 bits per heavy atom. The van der Waals surface area contributed by atoms with Gasteiger partial charge in [0.05, 0.1) is 0 Å². The molecule has 0 fully saturated rings. The average Bonchev–Trinajstić information content (AvgIpc) is 1.00. The average molecular weight is 170 g/mol. The van der Waals surface area contributed by atoms with Crippen LogP contribution in [0.5, 0.6) is 0 Å². The van der Waals surface area contributed by atoms with Gasteiger partial charge in [0, 0.05) is 33.6 Å². The normalized spacial score (nSPS) is 0.800. The summed E-state index contributed by atoms with van der Waals surface area (Å²) < 4.78 is 8.06. The molecular formula is H2FeLiNiOP. The van der Waals surface area contributed by atoms with E-state index < -0.39 is 0 Å². The van der Waals surface area contributed by atoms with Crippen molar-refractivity contribution in [1.82, 2.24) is 0 Å². The molecule has 32 valence electrons. The third-order valence-electron chi connectivity index (χ3n) is 0. The predicted octanol–water partition coefficient (Wildman–Crippen LogP) is -2.41. The summed E-state index contributed by atoms with van der Waals surface area (Å²) in [5.74, 6) is 0. The standard InChI is InChI=1S/Fe.Li.Ni.HOP.H/c;;;1-2;/h;;;2H;/q;+1;;;-1. The van der Waals surface area contributed by atoms with Crippen LogP contribution in [-0.4, -0.2) is 0 Å². The zero-order valence-electron chi connectivity index (χ0n) is 3.58. The molecule has 0 N–H and O–H groups in total. The molecule has 0 atom stereocenters. The molecule has 0 aliphatic carbocycles. The molecule has 0 rings (SSSR count). The van der Waals surface area contributed by atoms with Crippen LogP contribution in [0.3, 0.4) is 0 Å². The van der Waals surface area contributed by atoms with Crippen LogP contribution in [0.2, 0.25) is 0 Å². The van der Waals surface area contributed by atoms with E-state index in [1.165, 1.54) is 0 Å². The second-order valence-corrected chi connectivity index (χ2v) is 0. The van der Waals surface area contributed by atoms with Crippen LogP contribution in [0.1, 0.15) is 1.43 Å². The quantitative estimate of drug-likeness (QED) is 0.292. The van der Waals surface area contributed by atoms with Gasteiger partial charge in [0.25, 0.3) is 0 Å². The van der Waals surface area contributed by atoms with Crippen molar-refractivity contribution in [1.29, 1.82) is 0 Å². The van der Waals surface area contributed by atoms with Gasteiger partial charge in [-0.15, -0.1) is 0 Å². The second-order valence-electron chi connectivity index (χ2n) is 0. The molecule has 0 saturated carbocycles. The van der Waals surface area contributed by atoms with Gasteiger partial charge in [0.1, 0.15) is 9.12 Å². The summed E-state index contributed by atoms with van der Waals surface area (Å²) in [7, 11) is 1.72. The minimum Gasteiger partial charge on any atom is -1.00 e. The van der Waals surface area contributed by atoms with Crippen molar-refractivity contribution < 1.29 is 58.4 Å². The third kappa shape index (κ3) is 26.9. The first-order chi connectivity index (χ1) is 1.00. The first-order valence-electron chi connectivity index (χ1n) is 0.204. The Kier molecular flexibility index (Phi) is 258. The molecule has 0 unspecified atom stereocenters. The van der Waals surface area contributed by atoms with E-state index in [9.17, 15) is 0 Å². The van der Waals surface area contributed by atoms with Crippen LogP contribution in [-0.2, 0) is 38.1 Å². The van der Waals surface area contributed by atoms with Crippen LogP contribution in [0, 0.1) is 0 Å². The smallest absolute Gasteiger partial charge is 1.00 e. The van der Waals surface area contributed by atoms with E-state index in [0.717, 1.165) is 0 Å². The molecule has 0 aromatic rings. The molecule has 0 aliphatic rings. The fourth-order valence-electron chi connectivity index (χ4n) is 0. The molecule has 0 bridgehead atoms. The summed E-state index contributed by atoms with van der Waals surface area (Å²) in [6.07, 6.45) is 0. The molecule has 0 aromatic heterocycles. The Morgan fingerprint density at radius 2 is 1.40 bits per heavy atom. The van der Waals surface area contributed by atoms with E-state index in [1.54, 1.807) is 9.12 Å². The molecule has 5 heavy (non-hydrogen) atoms. The molecule has 1 nitrogen and oxygen atoms in total. The monoisotopic (exact) mass is 170 g/mol. The molecule has 0 radical (unpaired) electrons. The van der Waals surface area contributed by atoms with Crippen molar-refractivity contribution in [3.63, 3.8) is 0 Å². The summed E-state index contributed by atoms with van der Waals surface area (Å²) in [5.41, 5.74) is 0. The van der Waals surface area contributed by atoms with Crippen molar-refractivity contribution in [2.75, 3.05) is 0 Å². The van der Waals surface area contributed by atoms with E-state index in [4.69, 9.17) is 4.57 Å². The first kappa shape index (κ1) is 29.8. The van der Waals surface area contributed by atoms with Crippen LogP contribution in [0.25, 0.3) is 0 Å². The van der Waals surface area contributed by atoms with Gasteiger partial charge in [-0.1, -0.05) is 0 Å². The van der Waals surface area contributed by atoms with Crippen LogP contribution >= 0.6 is 9.12 Å². The fraction of sp³-hybridized carbons (Fsp3) is 0. The van der Waals surface area contributed by atoms with Gasteiger partial charge < -0.3 is 1.43 Å². The topological polar surface area (TPSA) is 17.1 Å². The maximum Gasteiger partial charge on any atom is 1.00 e. The minimum atomic E-state index is 0. The Labute approximate surface area is 67.3 Å². The summed E-state index contributed by atoms with van der Waals surface area (Å²) >= 11 is 0. The van der Waals surface area contributed by atoms with E-state index in [2.05, 4.69) is 0 Å². The van der Waals surface area contributed by atoms with E-state index in [-0.39, 0.29) is 53.8 Å². The molecular weight excluding hydrogens is 168 g/mol. The van der Waals surface area contributed by atoms with Gasteiger partial charge in [-0.05, 0) is 0 Å². The Morgan fingerprint density at radius 1 is 1.40 bits per heavy atom. The summed E-state index contributed by atoms with van der Waals surface area (Å²) in [4.78, 5) is 0. The largest absolute Gasteiger partial charge is 1.00 e. The fourth-order valence-corrected chi connectivity index (χ4v) is 0. The maximum absolute atomic E-state index is 8.06. The third-order valence-corrected chi connectivity index (χ3v) is 0. The Balaban J connectivity index is -0.000000000833. The molecule has 0 saturated heterocycles. The van der Waals surface area contributed by atoms with Gasteiger partial charge in [0.15, 0.2) is 0 Å². The maximum atomic E-state index is 8.06. The first-order valence-corrected chi connectivity index (χ1v) is 0.612. The molecule has 0 amide bonds. The van der Waals surface area contributed by atoms with Crippen molar-refractivity contribution >= 4 is 9.12 Å². The Hall–Kier alpha value is 1.71.